The average Bonchev–Trinajstić information content (AvgIpc) is 3.22. The van der Waals surface area contributed by atoms with Gasteiger partial charge in [-0.05, 0) is 66.4 Å². The Bertz CT molecular complexity index is 657. The lowest BCUT2D eigenvalue weighted by Gasteiger charge is -2.55. The number of carbonyl (C=O) groups excluding carboxylic acids is 2. The zero-order valence-corrected chi connectivity index (χ0v) is 13.5. The molecule has 0 amide bonds. The Morgan fingerprint density at radius 1 is 1.14 bits per heavy atom. The summed E-state index contributed by atoms with van der Waals surface area (Å²) in [6, 6.07) is 0. The molecule has 0 aromatic carbocycles. The van der Waals surface area contributed by atoms with Gasteiger partial charge in [0.1, 0.15) is 5.78 Å². The van der Waals surface area contributed by atoms with Crippen LogP contribution >= 0.6 is 0 Å². The van der Waals surface area contributed by atoms with E-state index in [-0.39, 0.29) is 16.6 Å². The van der Waals surface area contributed by atoms with Gasteiger partial charge < -0.3 is 0 Å². The predicted octanol–water partition coefficient (Wildman–Crippen LogP) is 3.72. The summed E-state index contributed by atoms with van der Waals surface area (Å²) in [7, 11) is 0. The van der Waals surface area contributed by atoms with Gasteiger partial charge in [0.05, 0.1) is 0 Å². The minimum absolute atomic E-state index is 0.0544. The van der Waals surface area contributed by atoms with Crippen LogP contribution < -0.4 is 0 Å². The van der Waals surface area contributed by atoms with Crippen LogP contribution in [0.15, 0.2) is 23.8 Å². The first-order valence-electron chi connectivity index (χ1n) is 8.93. The maximum Gasteiger partial charge on any atom is 0.156 e. The van der Waals surface area contributed by atoms with Crippen LogP contribution in [-0.4, -0.2) is 11.6 Å². The van der Waals surface area contributed by atoms with Gasteiger partial charge in [-0.1, -0.05) is 26.0 Å². The summed E-state index contributed by atoms with van der Waals surface area (Å²) in [5.74, 6) is 3.65. The third-order valence-electron chi connectivity index (χ3n) is 7.97. The molecule has 3 saturated carbocycles. The van der Waals surface area contributed by atoms with E-state index in [9.17, 15) is 9.59 Å². The van der Waals surface area contributed by atoms with Gasteiger partial charge in [-0.15, -0.1) is 0 Å². The van der Waals surface area contributed by atoms with Crippen LogP contribution in [0.25, 0.3) is 0 Å². The molecule has 0 aliphatic heterocycles. The molecule has 5 aliphatic rings. The van der Waals surface area contributed by atoms with Crippen LogP contribution in [0.5, 0.6) is 0 Å². The van der Waals surface area contributed by atoms with E-state index < -0.39 is 0 Å². The van der Waals surface area contributed by atoms with Crippen LogP contribution in [-0.2, 0) is 9.59 Å². The molecule has 0 heterocycles. The highest BCUT2D eigenvalue weighted by Gasteiger charge is 2.69. The Morgan fingerprint density at radius 2 is 1.95 bits per heavy atom. The van der Waals surface area contributed by atoms with Crippen molar-refractivity contribution in [3.63, 3.8) is 0 Å². The maximum atomic E-state index is 12.7. The number of Topliss-reactive ketones (excluding diaryl/α,β-unsaturated/α-hetero) is 1. The molecule has 5 aliphatic carbocycles. The molecule has 2 heteroatoms. The van der Waals surface area contributed by atoms with E-state index in [4.69, 9.17) is 0 Å². The van der Waals surface area contributed by atoms with Crippen LogP contribution in [0, 0.1) is 40.4 Å². The van der Waals surface area contributed by atoms with Gasteiger partial charge in [-0.2, -0.15) is 0 Å². The second kappa shape index (κ2) is 3.83. The van der Waals surface area contributed by atoms with Crippen molar-refractivity contribution in [2.75, 3.05) is 0 Å². The predicted molar refractivity (Wildman–Crippen MR) is 84.0 cm³/mol. The number of rotatable bonds is 0. The quantitative estimate of drug-likeness (QED) is 0.683. The first-order valence-corrected chi connectivity index (χ1v) is 8.93. The minimum Gasteiger partial charge on any atom is -0.299 e. The van der Waals surface area contributed by atoms with Crippen LogP contribution in [0.3, 0.4) is 0 Å². The van der Waals surface area contributed by atoms with Crippen molar-refractivity contribution in [2.24, 2.45) is 40.4 Å². The number of fused-ring (bicyclic) bond motifs is 7. The fourth-order valence-electron chi connectivity index (χ4n) is 6.66. The topological polar surface area (TPSA) is 34.1 Å². The third-order valence-corrected chi connectivity index (χ3v) is 7.97. The molecule has 7 atom stereocenters. The molecule has 5 rings (SSSR count). The summed E-state index contributed by atoms with van der Waals surface area (Å²) in [5, 5.41) is 0. The number of carbonyl (C=O) groups is 2. The van der Waals surface area contributed by atoms with E-state index in [1.54, 1.807) is 0 Å². The van der Waals surface area contributed by atoms with Crippen molar-refractivity contribution < 1.29 is 9.59 Å². The molecule has 0 spiro atoms. The molecule has 0 unspecified atom stereocenters. The molecule has 0 saturated heterocycles. The molecular weight excluding hydrogens is 272 g/mol. The fourth-order valence-corrected chi connectivity index (χ4v) is 6.66. The lowest BCUT2D eigenvalue weighted by atomic mass is 9.48. The van der Waals surface area contributed by atoms with Crippen LogP contribution in [0.1, 0.15) is 46.0 Å². The second-order valence-electron chi connectivity index (χ2n) is 8.88. The van der Waals surface area contributed by atoms with Crippen molar-refractivity contribution in [1.82, 2.24) is 0 Å². The van der Waals surface area contributed by atoms with Gasteiger partial charge in [0.15, 0.2) is 5.78 Å². The van der Waals surface area contributed by atoms with E-state index in [2.05, 4.69) is 26.0 Å². The SMILES string of the molecule is C[C@]12CCC(=O)C=C1C=C[C@H]1[C@@H]3[C@@H]4C[C@@H]4C(=O)[C@@]3(C)CC[C@@H]12. The summed E-state index contributed by atoms with van der Waals surface area (Å²) >= 11 is 0. The molecule has 0 aromatic rings. The summed E-state index contributed by atoms with van der Waals surface area (Å²) in [6.45, 7) is 4.62. The van der Waals surface area contributed by atoms with Gasteiger partial charge in [0.25, 0.3) is 0 Å². The number of ketones is 2. The largest absolute Gasteiger partial charge is 0.299 e. The smallest absolute Gasteiger partial charge is 0.156 e. The summed E-state index contributed by atoms with van der Waals surface area (Å²) in [5.41, 5.74) is 1.36. The van der Waals surface area contributed by atoms with Gasteiger partial charge in [-0.3, -0.25) is 9.59 Å². The highest BCUT2D eigenvalue weighted by Crippen LogP contribution is 2.70. The summed E-state index contributed by atoms with van der Waals surface area (Å²) in [6.07, 6.45) is 11.5. The number of hydrogen-bond acceptors (Lipinski definition) is 2. The Hall–Kier alpha value is -1.18. The Morgan fingerprint density at radius 3 is 2.77 bits per heavy atom. The Labute approximate surface area is 132 Å². The Kier molecular flexibility index (Phi) is 2.31. The van der Waals surface area contributed by atoms with Gasteiger partial charge >= 0.3 is 0 Å². The van der Waals surface area contributed by atoms with Crippen molar-refractivity contribution in [3.8, 4) is 0 Å². The van der Waals surface area contributed by atoms with Crippen LogP contribution in [0.4, 0.5) is 0 Å². The van der Waals surface area contributed by atoms with Crippen molar-refractivity contribution in [2.45, 2.75) is 46.0 Å². The summed E-state index contributed by atoms with van der Waals surface area (Å²) < 4.78 is 0. The van der Waals surface area contributed by atoms with Gasteiger partial charge in [-0.25, -0.2) is 0 Å². The lowest BCUT2D eigenvalue weighted by molar-refractivity contribution is -0.133. The first kappa shape index (κ1) is 13.3. The van der Waals surface area contributed by atoms with E-state index in [1.165, 1.54) is 5.57 Å². The van der Waals surface area contributed by atoms with E-state index in [1.807, 2.05) is 6.08 Å². The average molecular weight is 296 g/mol. The van der Waals surface area contributed by atoms with Crippen molar-refractivity contribution in [3.05, 3.63) is 23.8 Å². The van der Waals surface area contributed by atoms with Crippen molar-refractivity contribution >= 4 is 11.6 Å². The zero-order valence-electron chi connectivity index (χ0n) is 13.5. The molecule has 0 bridgehead atoms. The van der Waals surface area contributed by atoms with Crippen LogP contribution in [0.2, 0.25) is 0 Å². The first-order chi connectivity index (χ1) is 10.4. The molecule has 116 valence electrons. The molecular formula is C20H24O2. The molecule has 0 N–H and O–H groups in total. The highest BCUT2D eigenvalue weighted by molar-refractivity contribution is 5.93. The fraction of sp³-hybridized carbons (Fsp3) is 0.700. The molecule has 3 fully saturated rings. The van der Waals surface area contributed by atoms with E-state index >= 15 is 0 Å². The minimum atomic E-state index is -0.0544. The van der Waals surface area contributed by atoms with E-state index in [0.29, 0.717) is 41.8 Å². The standard InChI is InChI=1S/C20H24O2/c1-19-7-5-12(21)9-11(19)3-4-13-16(19)6-8-20(2)17(13)14-10-15(14)18(20)22/h3-4,9,13-17H,5-8,10H2,1-2H3/t13-,14-,15+,16+,17-,19+,20+/m1/s1. The maximum absolute atomic E-state index is 12.7. The normalized spacial score (nSPS) is 55.0. The Balaban J connectivity index is 1.60. The number of hydrogen-bond donors (Lipinski definition) is 0. The molecule has 2 nitrogen and oxygen atoms in total. The van der Waals surface area contributed by atoms with Gasteiger partial charge in [0.2, 0.25) is 0 Å². The molecule has 22 heavy (non-hydrogen) atoms. The number of allylic oxidation sites excluding steroid dienone is 4. The monoisotopic (exact) mass is 296 g/mol. The highest BCUT2D eigenvalue weighted by atomic mass is 16.1. The molecule has 0 aromatic heterocycles. The van der Waals surface area contributed by atoms with E-state index in [0.717, 1.165) is 25.7 Å². The zero-order chi connectivity index (χ0) is 15.3. The lowest BCUT2D eigenvalue weighted by Crippen LogP contribution is -2.50. The van der Waals surface area contributed by atoms with Crippen molar-refractivity contribution in [1.29, 1.82) is 0 Å². The molecule has 0 radical (unpaired) electrons. The van der Waals surface area contributed by atoms with Gasteiger partial charge in [0, 0.05) is 17.8 Å². The third kappa shape index (κ3) is 1.38. The second-order valence-corrected chi connectivity index (χ2v) is 8.88. The summed E-state index contributed by atoms with van der Waals surface area (Å²) in [4.78, 5) is 24.5.